The molecule has 6 rings (SSSR count). The lowest BCUT2D eigenvalue weighted by atomic mass is 9.54. The van der Waals surface area contributed by atoms with E-state index in [1.54, 1.807) is 19.1 Å². The fourth-order valence-corrected chi connectivity index (χ4v) is 9.16. The number of ketones is 3. The van der Waals surface area contributed by atoms with Crippen LogP contribution in [0.15, 0.2) is 35.1 Å². The molecule has 0 aromatic heterocycles. The van der Waals surface area contributed by atoms with Gasteiger partial charge in [-0.3, -0.25) is 19.2 Å². The van der Waals surface area contributed by atoms with Crippen LogP contribution in [0.1, 0.15) is 120 Å². The number of benzene rings is 1. The number of aliphatic hydroxyl groups excluding tert-OH is 2. The number of allylic oxidation sites excluding steroid dienone is 1. The van der Waals surface area contributed by atoms with Crippen molar-refractivity contribution in [2.75, 3.05) is 0 Å². The number of hydrogen-bond acceptors (Lipinski definition) is 9. The summed E-state index contributed by atoms with van der Waals surface area (Å²) in [7, 11) is 0. The Morgan fingerprint density at radius 1 is 0.913 bits per heavy atom. The summed E-state index contributed by atoms with van der Waals surface area (Å²) >= 11 is 0. The van der Waals surface area contributed by atoms with Crippen LogP contribution in [0.4, 0.5) is 0 Å². The Hall–Kier alpha value is -3.46. The van der Waals surface area contributed by atoms with Gasteiger partial charge in [-0.15, -0.1) is 0 Å². The summed E-state index contributed by atoms with van der Waals surface area (Å²) < 4.78 is 5.98. The predicted octanol–water partition coefficient (Wildman–Crippen LogP) is 6.31. The molecule has 0 spiro atoms. The monoisotopic (exact) mass is 634 g/mol. The molecule has 46 heavy (non-hydrogen) atoms. The first-order valence-electron chi connectivity index (χ1n) is 17.3. The highest BCUT2D eigenvalue weighted by atomic mass is 16.5. The largest absolute Gasteiger partial charge is 0.508 e. The van der Waals surface area contributed by atoms with Crippen molar-refractivity contribution in [3.05, 3.63) is 46.2 Å². The summed E-state index contributed by atoms with van der Waals surface area (Å²) in [6, 6.07) is 4.84. The van der Waals surface area contributed by atoms with E-state index in [0.29, 0.717) is 30.2 Å². The maximum atomic E-state index is 14.5. The first-order chi connectivity index (χ1) is 22.1. The zero-order valence-electron chi connectivity index (χ0n) is 26.6. The number of phenolic OH excluding ortho intramolecular Hbond substituents is 1. The van der Waals surface area contributed by atoms with Gasteiger partial charge in [-0.05, 0) is 48.6 Å². The van der Waals surface area contributed by atoms with Crippen molar-refractivity contribution in [2.45, 2.75) is 121 Å². The molecule has 3 fully saturated rings. The lowest BCUT2D eigenvalue weighted by Crippen LogP contribution is -2.64. The highest BCUT2D eigenvalue weighted by Crippen LogP contribution is 2.58. The van der Waals surface area contributed by atoms with Gasteiger partial charge in [0.1, 0.15) is 28.9 Å². The molecule has 0 bridgehead atoms. The second-order valence-electron chi connectivity index (χ2n) is 14.2. The average Bonchev–Trinajstić information content (AvgIpc) is 3.57. The fourth-order valence-electron chi connectivity index (χ4n) is 9.16. The molecule has 1 aromatic carbocycles. The van der Waals surface area contributed by atoms with Crippen molar-refractivity contribution < 1.29 is 44.3 Å². The number of carbonyl (C=O) groups excluding carboxylic acids is 4. The van der Waals surface area contributed by atoms with Crippen molar-refractivity contribution >= 4 is 29.1 Å². The number of aromatic hydroxyl groups is 1. The number of Topliss-reactive ketones (excluding diaryl/α,β-unsaturated/α-hetero) is 3. The van der Waals surface area contributed by atoms with E-state index in [1.807, 2.05) is 0 Å². The number of fused-ring (bicyclic) bond motifs is 3. The van der Waals surface area contributed by atoms with Gasteiger partial charge in [-0.1, -0.05) is 76.8 Å². The average molecular weight is 635 g/mol. The Morgan fingerprint density at radius 3 is 2.24 bits per heavy atom. The van der Waals surface area contributed by atoms with Gasteiger partial charge in [0, 0.05) is 36.7 Å². The van der Waals surface area contributed by atoms with Gasteiger partial charge in [0.05, 0.1) is 5.56 Å². The summed E-state index contributed by atoms with van der Waals surface area (Å²) in [4.78, 5) is 54.6. The number of carbonyl (C=O) groups is 4. The summed E-state index contributed by atoms with van der Waals surface area (Å²) in [6.45, 7) is 1.61. The standard InChI is InChI=1S/C37H46O9/c1-2-28(41)46-34-24-19-27(40)31(26(39)18-16-21-9-4-3-5-10-21)35(43)37(24,45)36(44)32-30(34)23(17-15-20-11-6-7-12-20)22-13-8-14-25(38)29(22)33(32)42/h8,13-14,20-21,23-24,30,34,38,42-43,45H,2-7,9-12,15-19H2,1H3. The van der Waals surface area contributed by atoms with Crippen LogP contribution < -0.4 is 0 Å². The molecular weight excluding hydrogens is 588 g/mol. The van der Waals surface area contributed by atoms with Gasteiger partial charge in [0.2, 0.25) is 5.78 Å². The summed E-state index contributed by atoms with van der Waals surface area (Å²) in [5, 5.41) is 46.4. The van der Waals surface area contributed by atoms with Crippen LogP contribution in [0, 0.1) is 23.7 Å². The molecule has 5 atom stereocenters. The van der Waals surface area contributed by atoms with Gasteiger partial charge >= 0.3 is 5.97 Å². The van der Waals surface area contributed by atoms with Crippen LogP contribution in [0.5, 0.6) is 5.75 Å². The maximum Gasteiger partial charge on any atom is 0.305 e. The van der Waals surface area contributed by atoms with E-state index in [-0.39, 0.29) is 29.7 Å². The molecule has 9 heteroatoms. The van der Waals surface area contributed by atoms with Crippen molar-refractivity contribution in [1.29, 1.82) is 0 Å². The molecule has 0 radical (unpaired) electrons. The van der Waals surface area contributed by atoms with Crippen LogP contribution in [-0.4, -0.2) is 55.5 Å². The van der Waals surface area contributed by atoms with E-state index in [1.165, 1.54) is 6.07 Å². The summed E-state index contributed by atoms with van der Waals surface area (Å²) in [5.74, 6) is -6.80. The Morgan fingerprint density at radius 2 is 1.57 bits per heavy atom. The molecular formula is C37H46O9. The normalized spacial score (nSPS) is 30.2. The van der Waals surface area contributed by atoms with Gasteiger partial charge in [0.25, 0.3) is 0 Å². The van der Waals surface area contributed by atoms with Crippen molar-refractivity contribution in [2.24, 2.45) is 23.7 Å². The molecule has 0 heterocycles. The fraction of sp³-hybridized carbons (Fsp3) is 0.622. The number of aliphatic hydroxyl groups is 3. The van der Waals surface area contributed by atoms with Crippen molar-refractivity contribution in [1.82, 2.24) is 0 Å². The molecule has 5 unspecified atom stereocenters. The summed E-state index contributed by atoms with van der Waals surface area (Å²) in [5.41, 5.74) is -2.95. The maximum absolute atomic E-state index is 14.5. The first-order valence-corrected chi connectivity index (χ1v) is 17.3. The number of ether oxygens (including phenoxy) is 1. The molecule has 0 aliphatic heterocycles. The molecule has 3 saturated carbocycles. The van der Waals surface area contributed by atoms with Gasteiger partial charge in [-0.25, -0.2) is 0 Å². The molecule has 0 amide bonds. The number of hydrogen-bond donors (Lipinski definition) is 4. The smallest absolute Gasteiger partial charge is 0.305 e. The second kappa shape index (κ2) is 13.0. The third-order valence-corrected chi connectivity index (χ3v) is 11.6. The van der Waals surface area contributed by atoms with E-state index >= 15 is 0 Å². The highest BCUT2D eigenvalue weighted by Gasteiger charge is 2.66. The van der Waals surface area contributed by atoms with E-state index in [4.69, 9.17) is 4.74 Å². The van der Waals surface area contributed by atoms with Crippen molar-refractivity contribution in [3.63, 3.8) is 0 Å². The second-order valence-corrected chi connectivity index (χ2v) is 14.2. The van der Waals surface area contributed by atoms with E-state index in [9.17, 15) is 39.6 Å². The molecule has 5 aliphatic carbocycles. The first kappa shape index (κ1) is 32.5. The number of phenols is 1. The minimum Gasteiger partial charge on any atom is -0.508 e. The molecule has 248 valence electrons. The van der Waals surface area contributed by atoms with Gasteiger partial charge in [0.15, 0.2) is 17.2 Å². The van der Waals surface area contributed by atoms with Gasteiger partial charge in [-0.2, -0.15) is 0 Å². The van der Waals surface area contributed by atoms with Crippen LogP contribution in [0.2, 0.25) is 0 Å². The SMILES string of the molecule is CCC(=O)OC1C2C(=C(O)c3c(O)cccc3C2CCC2CCCC2)C(=O)C2(O)C(O)=C(C(=O)CCC3CCCCC3)C(=O)CC12. The van der Waals surface area contributed by atoms with E-state index < -0.39 is 76.3 Å². The topological polar surface area (TPSA) is 158 Å². The van der Waals surface area contributed by atoms with Crippen LogP contribution >= 0.6 is 0 Å². The molecule has 1 aromatic rings. The summed E-state index contributed by atoms with van der Waals surface area (Å²) in [6.07, 6.45) is 9.90. The quantitative estimate of drug-likeness (QED) is 0.180. The molecule has 0 saturated heterocycles. The van der Waals surface area contributed by atoms with E-state index in [2.05, 4.69) is 0 Å². The predicted molar refractivity (Wildman–Crippen MR) is 169 cm³/mol. The molecule has 4 N–H and O–H groups in total. The number of rotatable bonds is 9. The lowest BCUT2D eigenvalue weighted by Gasteiger charge is -2.52. The molecule has 9 nitrogen and oxygen atoms in total. The Kier molecular flexibility index (Phi) is 9.16. The third kappa shape index (κ3) is 5.48. The van der Waals surface area contributed by atoms with Crippen LogP contribution in [0.25, 0.3) is 5.76 Å². The Balaban J connectivity index is 1.45. The minimum absolute atomic E-state index is 0.0000459. The highest BCUT2D eigenvalue weighted by molar-refractivity contribution is 6.24. The van der Waals surface area contributed by atoms with Gasteiger partial charge < -0.3 is 25.2 Å². The third-order valence-electron chi connectivity index (χ3n) is 11.6. The Labute approximate surface area is 269 Å². The Bertz CT molecular complexity index is 1480. The van der Waals surface area contributed by atoms with Crippen molar-refractivity contribution in [3.8, 4) is 5.75 Å². The minimum atomic E-state index is -2.78. The molecule has 5 aliphatic rings. The van der Waals surface area contributed by atoms with Crippen LogP contribution in [-0.2, 0) is 23.9 Å². The number of esters is 1. The van der Waals surface area contributed by atoms with Crippen LogP contribution in [0.3, 0.4) is 0 Å². The lowest BCUT2D eigenvalue weighted by molar-refractivity contribution is -0.178. The van der Waals surface area contributed by atoms with E-state index in [0.717, 1.165) is 64.2 Å². The zero-order valence-corrected chi connectivity index (χ0v) is 26.6. The zero-order chi connectivity index (χ0) is 32.7.